The number of nitrogens with one attached hydrogen (secondary N) is 1. The number of nitrogens with zero attached hydrogens (tertiary/aromatic N) is 3. The first kappa shape index (κ1) is 17.7. The second-order valence-corrected chi connectivity index (χ2v) is 5.48. The summed E-state index contributed by atoms with van der Waals surface area (Å²) >= 11 is 0. The summed E-state index contributed by atoms with van der Waals surface area (Å²) in [7, 11) is 0. The fourth-order valence-corrected chi connectivity index (χ4v) is 2.56. The molecule has 0 spiro atoms. The first-order valence-corrected chi connectivity index (χ1v) is 7.65. The summed E-state index contributed by atoms with van der Waals surface area (Å²) in [5.74, 6) is -2.11. The van der Waals surface area contributed by atoms with E-state index in [0.717, 1.165) is 4.68 Å². The maximum Gasteiger partial charge on any atom is 0.357 e. The number of rotatable bonds is 5. The van der Waals surface area contributed by atoms with Gasteiger partial charge in [-0.25, -0.2) is 9.48 Å². The van der Waals surface area contributed by atoms with E-state index >= 15 is 0 Å². The van der Waals surface area contributed by atoms with Gasteiger partial charge in [0.15, 0.2) is 5.69 Å². The topological polar surface area (TPSA) is 144 Å². The summed E-state index contributed by atoms with van der Waals surface area (Å²) in [4.78, 5) is 46.5. The minimum absolute atomic E-state index is 0.0419. The fourth-order valence-electron chi connectivity index (χ4n) is 2.56. The quantitative estimate of drug-likeness (QED) is 0.514. The van der Waals surface area contributed by atoms with Crippen LogP contribution in [0.15, 0.2) is 53.3 Å². The lowest BCUT2D eigenvalue weighted by molar-refractivity contribution is -0.383. The van der Waals surface area contributed by atoms with E-state index in [2.05, 4.69) is 10.4 Å². The molecule has 0 aliphatic heterocycles. The van der Waals surface area contributed by atoms with Crippen molar-refractivity contribution in [2.75, 3.05) is 5.32 Å². The lowest BCUT2D eigenvalue weighted by Crippen LogP contribution is -2.31. The zero-order valence-corrected chi connectivity index (χ0v) is 13.7. The normalized spacial score (nSPS) is 10.5. The van der Waals surface area contributed by atoms with Gasteiger partial charge in [0.25, 0.3) is 11.2 Å². The Labute approximate surface area is 150 Å². The van der Waals surface area contributed by atoms with Crippen LogP contribution in [0.5, 0.6) is 0 Å². The molecule has 0 fully saturated rings. The number of hydrogen-bond donors (Lipinski definition) is 2. The first-order valence-electron chi connectivity index (χ1n) is 7.65. The molecule has 1 amide bonds. The lowest BCUT2D eigenvalue weighted by atomic mass is 10.1. The van der Waals surface area contributed by atoms with Crippen molar-refractivity contribution < 1.29 is 19.6 Å². The number of hydrogen-bond acceptors (Lipinski definition) is 6. The van der Waals surface area contributed by atoms with Gasteiger partial charge in [0.05, 0.1) is 10.3 Å². The number of nitro benzene ring substituents is 1. The van der Waals surface area contributed by atoms with E-state index in [1.807, 2.05) is 0 Å². The van der Waals surface area contributed by atoms with Gasteiger partial charge >= 0.3 is 5.97 Å². The highest BCUT2D eigenvalue weighted by Gasteiger charge is 2.19. The van der Waals surface area contributed by atoms with Crippen molar-refractivity contribution in [3.05, 3.63) is 74.7 Å². The number of fused-ring (bicyclic) bond motifs is 1. The van der Waals surface area contributed by atoms with Gasteiger partial charge in [-0.05, 0) is 12.1 Å². The molecule has 3 aromatic rings. The molecule has 0 saturated carbocycles. The molecule has 1 aromatic heterocycles. The third kappa shape index (κ3) is 3.49. The number of para-hydroxylation sites is 2. The van der Waals surface area contributed by atoms with E-state index in [4.69, 9.17) is 0 Å². The Hall–Kier alpha value is -4.08. The summed E-state index contributed by atoms with van der Waals surface area (Å²) < 4.78 is 0.718. The highest BCUT2D eigenvalue weighted by Crippen LogP contribution is 2.23. The molecular weight excluding hydrogens is 356 g/mol. The van der Waals surface area contributed by atoms with Crippen LogP contribution in [0.3, 0.4) is 0 Å². The van der Waals surface area contributed by atoms with Gasteiger partial charge in [0, 0.05) is 11.5 Å². The maximum absolute atomic E-state index is 12.5. The van der Waals surface area contributed by atoms with Crippen LogP contribution in [0.25, 0.3) is 10.8 Å². The van der Waals surface area contributed by atoms with Crippen LogP contribution in [-0.2, 0) is 11.3 Å². The molecule has 3 rings (SSSR count). The summed E-state index contributed by atoms with van der Waals surface area (Å²) in [5, 5.41) is 26.7. The van der Waals surface area contributed by atoms with Gasteiger partial charge in [-0.3, -0.25) is 19.7 Å². The van der Waals surface area contributed by atoms with Crippen LogP contribution in [0.4, 0.5) is 11.4 Å². The number of anilines is 1. The Morgan fingerprint density at radius 1 is 1.11 bits per heavy atom. The second-order valence-electron chi connectivity index (χ2n) is 5.48. The smallest absolute Gasteiger partial charge is 0.357 e. The average molecular weight is 368 g/mol. The monoisotopic (exact) mass is 368 g/mol. The maximum atomic E-state index is 12.5. The van der Waals surface area contributed by atoms with E-state index in [-0.39, 0.29) is 27.8 Å². The second kappa shape index (κ2) is 7.04. The number of benzene rings is 2. The predicted molar refractivity (Wildman–Crippen MR) is 94.7 cm³/mol. The van der Waals surface area contributed by atoms with E-state index in [1.165, 1.54) is 36.4 Å². The lowest BCUT2D eigenvalue weighted by Gasteiger charge is -2.09. The Kier molecular flexibility index (Phi) is 4.62. The Morgan fingerprint density at radius 3 is 2.41 bits per heavy atom. The number of carboxylic acids is 1. The number of nitro groups is 1. The Balaban J connectivity index is 1.97. The third-order valence-corrected chi connectivity index (χ3v) is 3.74. The van der Waals surface area contributed by atoms with Crippen LogP contribution >= 0.6 is 0 Å². The molecular formula is C17H12N4O6. The molecule has 0 unspecified atom stereocenters. The fraction of sp³-hybridized carbons (Fsp3) is 0.0588. The third-order valence-electron chi connectivity index (χ3n) is 3.74. The minimum Gasteiger partial charge on any atom is -0.476 e. The van der Waals surface area contributed by atoms with Crippen molar-refractivity contribution in [1.29, 1.82) is 0 Å². The summed E-state index contributed by atoms with van der Waals surface area (Å²) in [5.41, 5.74) is -1.37. The number of carboxylic acid groups (broad SMARTS) is 1. The number of carbonyl (C=O) groups excluding carboxylic acids is 1. The summed E-state index contributed by atoms with van der Waals surface area (Å²) in [6.45, 7) is -0.601. The molecule has 0 aliphatic carbocycles. The Morgan fingerprint density at radius 2 is 1.74 bits per heavy atom. The zero-order valence-electron chi connectivity index (χ0n) is 13.7. The van der Waals surface area contributed by atoms with Gasteiger partial charge in [0.2, 0.25) is 5.91 Å². The van der Waals surface area contributed by atoms with Crippen molar-refractivity contribution in [3.63, 3.8) is 0 Å². The molecule has 136 valence electrons. The molecule has 27 heavy (non-hydrogen) atoms. The van der Waals surface area contributed by atoms with Crippen molar-refractivity contribution in [1.82, 2.24) is 9.78 Å². The molecule has 0 aliphatic rings. The summed E-state index contributed by atoms with van der Waals surface area (Å²) in [6.07, 6.45) is 0. The molecule has 10 nitrogen and oxygen atoms in total. The van der Waals surface area contributed by atoms with Crippen LogP contribution < -0.4 is 10.9 Å². The van der Waals surface area contributed by atoms with Crippen LogP contribution in [0, 0.1) is 10.1 Å². The highest BCUT2D eigenvalue weighted by atomic mass is 16.6. The average Bonchev–Trinajstić information content (AvgIpc) is 2.64. The highest BCUT2D eigenvalue weighted by molar-refractivity contribution is 6.01. The van der Waals surface area contributed by atoms with Crippen molar-refractivity contribution in [2.24, 2.45) is 0 Å². The van der Waals surface area contributed by atoms with Crippen LogP contribution in [-0.4, -0.2) is 31.7 Å². The van der Waals surface area contributed by atoms with Gasteiger partial charge in [-0.2, -0.15) is 5.10 Å². The van der Waals surface area contributed by atoms with Gasteiger partial charge in [0.1, 0.15) is 12.2 Å². The summed E-state index contributed by atoms with van der Waals surface area (Å²) in [6, 6.07) is 11.5. The van der Waals surface area contributed by atoms with E-state index in [9.17, 15) is 29.6 Å². The van der Waals surface area contributed by atoms with Crippen LogP contribution in [0.2, 0.25) is 0 Å². The molecule has 0 atom stereocenters. The van der Waals surface area contributed by atoms with Crippen LogP contribution in [0.1, 0.15) is 10.5 Å². The predicted octanol–water partition coefficient (Wildman–Crippen LogP) is 1.64. The molecule has 2 aromatic carbocycles. The molecule has 0 saturated heterocycles. The van der Waals surface area contributed by atoms with Crippen molar-refractivity contribution in [2.45, 2.75) is 6.54 Å². The van der Waals surface area contributed by atoms with E-state index in [0.29, 0.717) is 0 Å². The molecule has 1 heterocycles. The number of carbonyl (C=O) groups is 2. The first-order chi connectivity index (χ1) is 12.9. The SMILES string of the molecule is O=C(Cn1nc(C(=O)O)c2ccccc2c1=O)Nc1ccccc1[N+](=O)[O-]. The van der Waals surface area contributed by atoms with Crippen molar-refractivity contribution in [3.8, 4) is 0 Å². The largest absolute Gasteiger partial charge is 0.476 e. The molecule has 10 heteroatoms. The van der Waals surface area contributed by atoms with Crippen molar-refractivity contribution >= 4 is 34.0 Å². The standard InChI is InChI=1S/C17H12N4O6/c22-14(18-12-7-3-4-8-13(12)21(26)27)9-20-16(23)11-6-2-1-5-10(11)15(19-20)17(24)25/h1-8H,9H2,(H,18,22)(H,24,25). The van der Waals surface area contributed by atoms with E-state index in [1.54, 1.807) is 12.1 Å². The molecule has 2 N–H and O–H groups in total. The van der Waals surface area contributed by atoms with Gasteiger partial charge in [-0.15, -0.1) is 0 Å². The van der Waals surface area contributed by atoms with Gasteiger partial charge < -0.3 is 10.4 Å². The molecule has 0 radical (unpaired) electrons. The minimum atomic E-state index is -1.35. The number of aromatic nitrogens is 2. The number of aromatic carboxylic acids is 1. The molecule has 0 bridgehead atoms. The Bertz CT molecular complexity index is 1140. The number of amides is 1. The van der Waals surface area contributed by atoms with Gasteiger partial charge in [-0.1, -0.05) is 30.3 Å². The van der Waals surface area contributed by atoms with E-state index < -0.39 is 28.9 Å². The zero-order chi connectivity index (χ0) is 19.6.